The van der Waals surface area contributed by atoms with Gasteiger partial charge < -0.3 is 5.73 Å². The lowest BCUT2D eigenvalue weighted by Gasteiger charge is -2.09. The summed E-state index contributed by atoms with van der Waals surface area (Å²) >= 11 is 1.63. The van der Waals surface area contributed by atoms with Crippen molar-refractivity contribution in [2.45, 2.75) is 4.90 Å². The molecule has 0 atom stereocenters. The number of hydrazine groups is 1. The highest BCUT2D eigenvalue weighted by Crippen LogP contribution is 2.23. The first-order valence-corrected chi connectivity index (χ1v) is 4.62. The summed E-state index contributed by atoms with van der Waals surface area (Å²) in [5, 5.41) is 1.62. The molecule has 0 aliphatic heterocycles. The lowest BCUT2D eigenvalue weighted by Crippen LogP contribution is -2.24. The number of rotatable bonds is 3. The molecule has 0 saturated heterocycles. The molecule has 3 nitrogen and oxygen atoms in total. The third-order valence-corrected chi connectivity index (χ3v) is 2.56. The zero-order chi connectivity index (χ0) is 8.97. The van der Waals surface area contributed by atoms with Crippen molar-refractivity contribution in [2.24, 2.45) is 5.84 Å². The van der Waals surface area contributed by atoms with E-state index >= 15 is 0 Å². The number of hydrogen-bond acceptors (Lipinski definition) is 4. The molecule has 12 heavy (non-hydrogen) atoms. The molecule has 0 spiro atoms. The first kappa shape index (κ1) is 9.38. The molecule has 66 valence electrons. The van der Waals surface area contributed by atoms with Gasteiger partial charge in [-0.3, -0.25) is 5.84 Å². The Labute approximate surface area is 76.7 Å². The predicted octanol–water partition coefficient (Wildman–Crippen LogP) is 1.12. The van der Waals surface area contributed by atoms with Gasteiger partial charge in [0, 0.05) is 17.6 Å². The van der Waals surface area contributed by atoms with E-state index < -0.39 is 0 Å². The van der Waals surface area contributed by atoms with Crippen LogP contribution in [0.3, 0.4) is 0 Å². The Balaban J connectivity index is 2.57. The van der Waals surface area contributed by atoms with Crippen molar-refractivity contribution in [3.05, 3.63) is 24.3 Å². The fourth-order valence-electron chi connectivity index (χ4n) is 0.783. The first-order chi connectivity index (χ1) is 5.70. The molecule has 0 aromatic heterocycles. The summed E-state index contributed by atoms with van der Waals surface area (Å²) in [5.41, 5.74) is 6.54. The highest BCUT2D eigenvalue weighted by Gasteiger charge is 1.98. The summed E-state index contributed by atoms with van der Waals surface area (Å²) in [6.07, 6.45) is 0. The van der Waals surface area contributed by atoms with Crippen LogP contribution in [-0.2, 0) is 0 Å². The monoisotopic (exact) mass is 183 g/mol. The van der Waals surface area contributed by atoms with E-state index in [1.54, 1.807) is 16.8 Å². The minimum absolute atomic E-state index is 0.744. The topological polar surface area (TPSA) is 55.3 Å². The van der Waals surface area contributed by atoms with Crippen LogP contribution in [0.4, 0.5) is 5.69 Å². The van der Waals surface area contributed by atoms with Crippen molar-refractivity contribution in [2.75, 3.05) is 18.7 Å². The smallest absolute Gasteiger partial charge is 0.0630 e. The molecule has 1 aromatic rings. The number of para-hydroxylation sites is 1. The third-order valence-electron chi connectivity index (χ3n) is 1.34. The third kappa shape index (κ3) is 2.73. The van der Waals surface area contributed by atoms with Gasteiger partial charge in [-0.2, -0.15) is 0 Å². The van der Waals surface area contributed by atoms with Gasteiger partial charge in [-0.25, -0.2) is 5.01 Å². The minimum Gasteiger partial charge on any atom is -0.398 e. The van der Waals surface area contributed by atoms with Crippen LogP contribution in [0.1, 0.15) is 0 Å². The number of hydrogen-bond donors (Lipinski definition) is 2. The summed E-state index contributed by atoms with van der Waals surface area (Å²) < 4.78 is 0. The molecule has 1 aromatic carbocycles. The molecule has 0 amide bonds. The van der Waals surface area contributed by atoms with Gasteiger partial charge in [0.05, 0.1) is 5.88 Å². The zero-order valence-electron chi connectivity index (χ0n) is 7.03. The second kappa shape index (κ2) is 4.35. The van der Waals surface area contributed by atoms with E-state index in [2.05, 4.69) is 0 Å². The van der Waals surface area contributed by atoms with Crippen molar-refractivity contribution in [3.63, 3.8) is 0 Å². The van der Waals surface area contributed by atoms with Gasteiger partial charge in [0.2, 0.25) is 0 Å². The Hall–Kier alpha value is -0.710. The fraction of sp³-hybridized carbons (Fsp3) is 0.250. The molecular formula is C8H13N3S. The normalized spacial score (nSPS) is 10.6. The molecule has 0 saturated carbocycles. The maximum atomic E-state index is 5.73. The molecule has 4 heteroatoms. The minimum atomic E-state index is 0.744. The Morgan fingerprint density at radius 1 is 1.42 bits per heavy atom. The Morgan fingerprint density at radius 2 is 2.08 bits per heavy atom. The largest absolute Gasteiger partial charge is 0.398 e. The van der Waals surface area contributed by atoms with Crippen LogP contribution in [-0.4, -0.2) is 17.9 Å². The van der Waals surface area contributed by atoms with Crippen LogP contribution >= 0.6 is 11.8 Å². The van der Waals surface area contributed by atoms with E-state index in [1.165, 1.54) is 0 Å². The first-order valence-electron chi connectivity index (χ1n) is 3.63. The molecule has 0 aliphatic carbocycles. The summed E-state index contributed by atoms with van der Waals surface area (Å²) in [4.78, 5) is 1.08. The van der Waals surface area contributed by atoms with E-state index in [4.69, 9.17) is 11.6 Å². The van der Waals surface area contributed by atoms with E-state index in [1.807, 2.05) is 31.3 Å². The molecule has 0 bridgehead atoms. The average Bonchev–Trinajstić information content (AvgIpc) is 2.03. The second-order valence-electron chi connectivity index (χ2n) is 2.57. The lowest BCUT2D eigenvalue weighted by atomic mass is 10.3. The Bertz CT molecular complexity index is 250. The standard InChI is InChI=1S/C8H13N3S/c1-11(10)6-12-8-5-3-2-4-7(8)9/h2-5H,6,9-10H2,1H3. The molecular weight excluding hydrogens is 170 g/mol. The van der Waals surface area contributed by atoms with Crippen LogP contribution in [0, 0.1) is 0 Å². The molecule has 4 N–H and O–H groups in total. The van der Waals surface area contributed by atoms with Gasteiger partial charge in [0.1, 0.15) is 0 Å². The van der Waals surface area contributed by atoms with Crippen molar-refractivity contribution in [1.82, 2.24) is 5.01 Å². The molecule has 0 heterocycles. The van der Waals surface area contributed by atoms with Gasteiger partial charge in [0.15, 0.2) is 0 Å². The Morgan fingerprint density at radius 3 is 2.67 bits per heavy atom. The number of nitrogens with two attached hydrogens (primary N) is 2. The second-order valence-corrected chi connectivity index (χ2v) is 3.55. The highest BCUT2D eigenvalue weighted by molar-refractivity contribution is 7.99. The summed E-state index contributed by atoms with van der Waals surface area (Å²) in [7, 11) is 1.83. The number of nitrogen functional groups attached to an aromatic ring is 1. The molecule has 0 fully saturated rings. The summed E-state index contributed by atoms with van der Waals surface area (Å²) in [6, 6.07) is 7.77. The Kier molecular flexibility index (Phi) is 3.40. The van der Waals surface area contributed by atoms with Gasteiger partial charge in [0.25, 0.3) is 0 Å². The molecule has 0 radical (unpaired) electrons. The van der Waals surface area contributed by atoms with Gasteiger partial charge in [-0.15, -0.1) is 11.8 Å². The SMILES string of the molecule is CN(N)CSc1ccccc1N. The number of thioether (sulfide) groups is 1. The van der Waals surface area contributed by atoms with Gasteiger partial charge in [-0.1, -0.05) is 12.1 Å². The number of benzene rings is 1. The fourth-order valence-corrected chi connectivity index (χ4v) is 1.54. The summed E-state index contributed by atoms with van der Waals surface area (Å²) in [6.45, 7) is 0. The predicted molar refractivity (Wildman–Crippen MR) is 53.5 cm³/mol. The summed E-state index contributed by atoms with van der Waals surface area (Å²) in [5.74, 6) is 6.21. The van der Waals surface area contributed by atoms with Crippen LogP contribution in [0.2, 0.25) is 0 Å². The molecule has 0 aliphatic rings. The van der Waals surface area contributed by atoms with Crippen LogP contribution in [0.15, 0.2) is 29.2 Å². The zero-order valence-corrected chi connectivity index (χ0v) is 7.84. The molecule has 0 unspecified atom stereocenters. The van der Waals surface area contributed by atoms with Gasteiger partial charge >= 0.3 is 0 Å². The number of nitrogens with zero attached hydrogens (tertiary/aromatic N) is 1. The van der Waals surface area contributed by atoms with Crippen LogP contribution in [0.5, 0.6) is 0 Å². The maximum absolute atomic E-state index is 5.73. The van der Waals surface area contributed by atoms with Crippen molar-refractivity contribution < 1.29 is 0 Å². The van der Waals surface area contributed by atoms with E-state index in [9.17, 15) is 0 Å². The van der Waals surface area contributed by atoms with Crippen molar-refractivity contribution >= 4 is 17.4 Å². The quantitative estimate of drug-likeness (QED) is 0.242. The van der Waals surface area contributed by atoms with E-state index in [0.717, 1.165) is 16.5 Å². The van der Waals surface area contributed by atoms with Crippen LogP contribution < -0.4 is 11.6 Å². The lowest BCUT2D eigenvalue weighted by molar-refractivity contribution is 0.414. The number of anilines is 1. The highest BCUT2D eigenvalue weighted by atomic mass is 32.2. The van der Waals surface area contributed by atoms with Crippen LogP contribution in [0.25, 0.3) is 0 Å². The molecule has 1 rings (SSSR count). The van der Waals surface area contributed by atoms with E-state index in [-0.39, 0.29) is 0 Å². The maximum Gasteiger partial charge on any atom is 0.0630 e. The van der Waals surface area contributed by atoms with Crippen molar-refractivity contribution in [1.29, 1.82) is 0 Å². The van der Waals surface area contributed by atoms with Crippen molar-refractivity contribution in [3.8, 4) is 0 Å². The van der Waals surface area contributed by atoms with Gasteiger partial charge in [-0.05, 0) is 12.1 Å². The average molecular weight is 183 g/mol. The van der Waals surface area contributed by atoms with E-state index in [0.29, 0.717) is 0 Å².